The van der Waals surface area contributed by atoms with E-state index < -0.39 is 0 Å². The van der Waals surface area contributed by atoms with Crippen LogP contribution in [-0.2, 0) is 6.42 Å². The summed E-state index contributed by atoms with van der Waals surface area (Å²) in [6.07, 6.45) is 8.61. The van der Waals surface area contributed by atoms with Crippen molar-refractivity contribution in [2.24, 2.45) is 0 Å². The third-order valence-corrected chi connectivity index (χ3v) is 3.88. The summed E-state index contributed by atoms with van der Waals surface area (Å²) < 4.78 is 0. The lowest BCUT2D eigenvalue weighted by molar-refractivity contribution is 1.16. The number of fused-ring (bicyclic) bond motifs is 2. The highest BCUT2D eigenvalue weighted by Gasteiger charge is 2.06. The Hall–Kier alpha value is -2.74. The molecule has 2 aromatic carbocycles. The molecule has 0 atom stereocenters. The van der Waals surface area contributed by atoms with Gasteiger partial charge in [0.2, 0.25) is 0 Å². The summed E-state index contributed by atoms with van der Waals surface area (Å²) in [4.78, 5) is 8.74. The number of pyridine rings is 2. The fourth-order valence-corrected chi connectivity index (χ4v) is 2.85. The number of hydrogen-bond acceptors (Lipinski definition) is 2. The molecule has 4 aromatic rings. The van der Waals surface area contributed by atoms with E-state index >= 15 is 0 Å². The molecule has 2 heteroatoms. The molecule has 0 saturated carbocycles. The predicted octanol–water partition coefficient (Wildman–Crippen LogP) is 4.37. The quantitative estimate of drug-likeness (QED) is 0.540. The first kappa shape index (κ1) is 12.0. The van der Waals surface area contributed by atoms with Crippen molar-refractivity contribution in [3.63, 3.8) is 0 Å². The molecule has 21 heavy (non-hydrogen) atoms. The highest BCUT2D eigenvalue weighted by molar-refractivity contribution is 5.87. The molecule has 0 aliphatic heterocycles. The van der Waals surface area contributed by atoms with Crippen molar-refractivity contribution in [1.82, 2.24) is 9.97 Å². The molecule has 100 valence electrons. The summed E-state index contributed by atoms with van der Waals surface area (Å²) in [5.74, 6) is 0. The van der Waals surface area contributed by atoms with Crippen LogP contribution >= 0.6 is 0 Å². The van der Waals surface area contributed by atoms with Gasteiger partial charge in [-0.2, -0.15) is 0 Å². The van der Waals surface area contributed by atoms with E-state index in [0.717, 1.165) is 6.42 Å². The SMILES string of the molecule is c1ccc2c(Cc3cncc4ccccc34)cncc2c1. The van der Waals surface area contributed by atoms with Crippen LogP contribution in [0.25, 0.3) is 21.5 Å². The van der Waals surface area contributed by atoms with E-state index in [0.29, 0.717) is 0 Å². The van der Waals surface area contributed by atoms with Gasteiger partial charge >= 0.3 is 0 Å². The van der Waals surface area contributed by atoms with Crippen LogP contribution in [0.1, 0.15) is 11.1 Å². The normalized spacial score (nSPS) is 11.0. The lowest BCUT2D eigenvalue weighted by Gasteiger charge is -2.08. The average Bonchev–Trinajstić information content (AvgIpc) is 2.56. The van der Waals surface area contributed by atoms with Gasteiger partial charge in [-0.05, 0) is 21.9 Å². The first-order valence-electron chi connectivity index (χ1n) is 7.05. The predicted molar refractivity (Wildman–Crippen MR) is 86.3 cm³/mol. The average molecular weight is 270 g/mol. The van der Waals surface area contributed by atoms with Crippen molar-refractivity contribution < 1.29 is 0 Å². The largest absolute Gasteiger partial charge is 0.264 e. The van der Waals surface area contributed by atoms with Crippen LogP contribution in [0, 0.1) is 0 Å². The fraction of sp³-hybridized carbons (Fsp3) is 0.0526. The molecule has 0 N–H and O–H groups in total. The molecule has 0 bridgehead atoms. The second-order valence-electron chi connectivity index (χ2n) is 5.22. The van der Waals surface area contributed by atoms with Crippen LogP contribution in [0.4, 0.5) is 0 Å². The van der Waals surface area contributed by atoms with E-state index in [9.17, 15) is 0 Å². The molecule has 0 aliphatic carbocycles. The van der Waals surface area contributed by atoms with E-state index in [1.54, 1.807) is 0 Å². The molecule has 0 amide bonds. The zero-order chi connectivity index (χ0) is 14.1. The van der Waals surface area contributed by atoms with Crippen molar-refractivity contribution in [2.75, 3.05) is 0 Å². The lowest BCUT2D eigenvalue weighted by Crippen LogP contribution is -1.93. The van der Waals surface area contributed by atoms with E-state index in [4.69, 9.17) is 0 Å². The molecule has 4 rings (SSSR count). The maximum absolute atomic E-state index is 4.37. The molecule has 0 aliphatic rings. The Bertz CT molecular complexity index is 841. The van der Waals surface area contributed by atoms with Crippen molar-refractivity contribution in [2.45, 2.75) is 6.42 Å². The van der Waals surface area contributed by atoms with Gasteiger partial charge in [0.1, 0.15) is 0 Å². The van der Waals surface area contributed by atoms with E-state index in [1.165, 1.54) is 32.7 Å². The van der Waals surface area contributed by atoms with Gasteiger partial charge in [-0.1, -0.05) is 48.5 Å². The maximum Gasteiger partial charge on any atom is 0.0346 e. The van der Waals surface area contributed by atoms with Crippen LogP contribution in [0.5, 0.6) is 0 Å². The Morgan fingerprint density at radius 1 is 0.571 bits per heavy atom. The fourth-order valence-electron chi connectivity index (χ4n) is 2.85. The monoisotopic (exact) mass is 270 g/mol. The summed E-state index contributed by atoms with van der Waals surface area (Å²) in [6, 6.07) is 16.8. The summed E-state index contributed by atoms with van der Waals surface area (Å²) in [6.45, 7) is 0. The Morgan fingerprint density at radius 3 is 1.57 bits per heavy atom. The van der Waals surface area contributed by atoms with Crippen LogP contribution in [0.3, 0.4) is 0 Å². The molecule has 2 heterocycles. The smallest absolute Gasteiger partial charge is 0.0346 e. The van der Waals surface area contributed by atoms with Crippen molar-refractivity contribution in [1.29, 1.82) is 0 Å². The first-order valence-corrected chi connectivity index (χ1v) is 7.05. The van der Waals surface area contributed by atoms with Gasteiger partial charge in [-0.25, -0.2) is 0 Å². The van der Waals surface area contributed by atoms with E-state index in [2.05, 4.69) is 46.4 Å². The van der Waals surface area contributed by atoms with Gasteiger partial charge in [0.25, 0.3) is 0 Å². The minimum atomic E-state index is 0.850. The highest BCUT2D eigenvalue weighted by Crippen LogP contribution is 2.24. The lowest BCUT2D eigenvalue weighted by atomic mass is 9.98. The van der Waals surface area contributed by atoms with Crippen molar-refractivity contribution in [3.8, 4) is 0 Å². The van der Waals surface area contributed by atoms with E-state index in [1.807, 2.05) is 36.9 Å². The molecule has 0 fully saturated rings. The molecular weight excluding hydrogens is 256 g/mol. The molecule has 0 unspecified atom stereocenters. The van der Waals surface area contributed by atoms with Gasteiger partial charge in [0, 0.05) is 42.0 Å². The minimum absolute atomic E-state index is 0.850. The van der Waals surface area contributed by atoms with Crippen LogP contribution in [0.2, 0.25) is 0 Å². The first-order chi connectivity index (χ1) is 10.4. The Balaban J connectivity index is 1.87. The van der Waals surface area contributed by atoms with Gasteiger partial charge < -0.3 is 0 Å². The number of aromatic nitrogens is 2. The highest BCUT2D eigenvalue weighted by atomic mass is 14.6. The van der Waals surface area contributed by atoms with Crippen LogP contribution in [0.15, 0.2) is 73.3 Å². The number of hydrogen-bond donors (Lipinski definition) is 0. The third-order valence-electron chi connectivity index (χ3n) is 3.88. The Morgan fingerprint density at radius 2 is 1.05 bits per heavy atom. The summed E-state index contributed by atoms with van der Waals surface area (Å²) in [5, 5.41) is 4.90. The molecule has 0 spiro atoms. The zero-order valence-corrected chi connectivity index (χ0v) is 11.5. The molecule has 0 radical (unpaired) electrons. The van der Waals surface area contributed by atoms with Crippen molar-refractivity contribution >= 4 is 21.5 Å². The van der Waals surface area contributed by atoms with Gasteiger partial charge in [0.15, 0.2) is 0 Å². The minimum Gasteiger partial charge on any atom is -0.264 e. The topological polar surface area (TPSA) is 25.8 Å². The van der Waals surface area contributed by atoms with Crippen molar-refractivity contribution in [3.05, 3.63) is 84.4 Å². The van der Waals surface area contributed by atoms with Gasteiger partial charge in [-0.3, -0.25) is 9.97 Å². The zero-order valence-electron chi connectivity index (χ0n) is 11.5. The standard InChI is InChI=1S/C19H14N2/c1-3-7-18-14(5-1)10-20-12-16(18)9-17-13-21-11-15-6-2-4-8-19(15)17/h1-8,10-13H,9H2. The number of nitrogens with zero attached hydrogens (tertiary/aromatic N) is 2. The van der Waals surface area contributed by atoms with E-state index in [-0.39, 0.29) is 0 Å². The summed E-state index contributed by atoms with van der Waals surface area (Å²) >= 11 is 0. The Labute approximate surface area is 123 Å². The second-order valence-corrected chi connectivity index (χ2v) is 5.22. The third kappa shape index (κ3) is 2.15. The van der Waals surface area contributed by atoms with Crippen LogP contribution in [-0.4, -0.2) is 9.97 Å². The van der Waals surface area contributed by atoms with Gasteiger partial charge in [0.05, 0.1) is 0 Å². The number of rotatable bonds is 2. The maximum atomic E-state index is 4.37. The second kappa shape index (κ2) is 4.98. The molecule has 2 nitrogen and oxygen atoms in total. The van der Waals surface area contributed by atoms with Gasteiger partial charge in [-0.15, -0.1) is 0 Å². The summed E-state index contributed by atoms with van der Waals surface area (Å²) in [5.41, 5.74) is 2.48. The Kier molecular flexibility index (Phi) is 2.86. The summed E-state index contributed by atoms with van der Waals surface area (Å²) in [7, 11) is 0. The number of benzene rings is 2. The molecular formula is C19H14N2. The van der Waals surface area contributed by atoms with Crippen LogP contribution < -0.4 is 0 Å². The molecule has 0 saturated heterocycles. The molecule has 2 aromatic heterocycles.